The lowest BCUT2D eigenvalue weighted by Gasteiger charge is -2.11. The first kappa shape index (κ1) is 13.2. The average molecular weight is 261 g/mol. The van der Waals surface area contributed by atoms with Crippen molar-refractivity contribution in [2.24, 2.45) is 0 Å². The number of anilines is 1. The van der Waals surface area contributed by atoms with Gasteiger partial charge in [-0.15, -0.1) is 0 Å². The topological polar surface area (TPSA) is 41.5 Å². The maximum Gasteiger partial charge on any atom is 0.166 e. The molecule has 0 saturated heterocycles. The molecule has 3 nitrogen and oxygen atoms in total. The third-order valence-electron chi connectivity index (χ3n) is 2.70. The molecule has 2 N–H and O–H groups in total. The van der Waals surface area contributed by atoms with E-state index in [1.165, 1.54) is 12.1 Å². The Morgan fingerprint density at radius 3 is 2.74 bits per heavy atom. The molecule has 0 spiro atoms. The Morgan fingerprint density at radius 1 is 1.21 bits per heavy atom. The molecule has 0 saturated carbocycles. The zero-order chi connectivity index (χ0) is 13.7. The molecule has 2 rings (SSSR count). The fourth-order valence-electron chi connectivity index (χ4n) is 1.76. The summed E-state index contributed by atoms with van der Waals surface area (Å²) in [6.45, 7) is 3.06. The van der Waals surface area contributed by atoms with Gasteiger partial charge in [-0.3, -0.25) is 0 Å². The van der Waals surface area contributed by atoms with Crippen LogP contribution in [0.1, 0.15) is 12.5 Å². The Hall–Kier alpha value is -2.23. The number of benzene rings is 2. The van der Waals surface area contributed by atoms with Crippen molar-refractivity contribution in [2.75, 3.05) is 11.9 Å². The van der Waals surface area contributed by atoms with Gasteiger partial charge in [-0.25, -0.2) is 4.39 Å². The fourth-order valence-corrected chi connectivity index (χ4v) is 1.76. The van der Waals surface area contributed by atoms with E-state index in [0.29, 0.717) is 18.8 Å². The fraction of sp³-hybridized carbons (Fsp3) is 0.200. The molecular formula is C15H16FNO2. The molecule has 0 amide bonds. The molecule has 0 bridgehead atoms. The molecule has 0 aliphatic rings. The van der Waals surface area contributed by atoms with Crippen LogP contribution in [0, 0.1) is 5.82 Å². The van der Waals surface area contributed by atoms with Gasteiger partial charge in [0.1, 0.15) is 5.75 Å². The van der Waals surface area contributed by atoms with Crippen LogP contribution >= 0.6 is 0 Å². The van der Waals surface area contributed by atoms with Crippen molar-refractivity contribution in [3.05, 3.63) is 53.8 Å². The van der Waals surface area contributed by atoms with Crippen LogP contribution in [0.2, 0.25) is 0 Å². The smallest absolute Gasteiger partial charge is 0.166 e. The average Bonchev–Trinajstić information content (AvgIpc) is 2.42. The third kappa shape index (κ3) is 3.37. The van der Waals surface area contributed by atoms with Crippen molar-refractivity contribution in [1.29, 1.82) is 0 Å². The highest BCUT2D eigenvalue weighted by atomic mass is 19.1. The molecular weight excluding hydrogens is 245 g/mol. The van der Waals surface area contributed by atoms with Crippen molar-refractivity contribution >= 4 is 5.69 Å². The highest BCUT2D eigenvalue weighted by Crippen LogP contribution is 2.22. The van der Waals surface area contributed by atoms with E-state index in [2.05, 4.69) is 5.32 Å². The predicted molar refractivity (Wildman–Crippen MR) is 73.0 cm³/mol. The minimum atomic E-state index is -0.636. The second-order valence-electron chi connectivity index (χ2n) is 4.06. The standard InChI is InChI=1S/C15H16FNO2/c1-2-19-15-6-4-3-5-11(15)10-17-12-7-8-14(18)13(16)9-12/h3-9,17-18H,2,10H2,1H3. The van der Waals surface area contributed by atoms with Gasteiger partial charge in [-0.2, -0.15) is 0 Å². The summed E-state index contributed by atoms with van der Waals surface area (Å²) in [5, 5.41) is 12.2. The van der Waals surface area contributed by atoms with E-state index in [1.54, 1.807) is 6.07 Å². The predicted octanol–water partition coefficient (Wildman–Crippen LogP) is 3.54. The number of hydrogen-bond donors (Lipinski definition) is 2. The van der Waals surface area contributed by atoms with Crippen molar-refractivity contribution in [3.8, 4) is 11.5 Å². The summed E-state index contributed by atoms with van der Waals surface area (Å²) < 4.78 is 18.7. The molecule has 2 aromatic carbocycles. The van der Waals surface area contributed by atoms with Gasteiger partial charge in [-0.1, -0.05) is 18.2 Å². The van der Waals surface area contributed by atoms with E-state index >= 15 is 0 Å². The molecule has 0 aromatic heterocycles. The summed E-state index contributed by atoms with van der Waals surface area (Å²) in [4.78, 5) is 0. The second kappa shape index (κ2) is 6.09. The van der Waals surface area contributed by atoms with Crippen LogP contribution in [0.4, 0.5) is 10.1 Å². The lowest BCUT2D eigenvalue weighted by molar-refractivity contribution is 0.337. The zero-order valence-corrected chi connectivity index (χ0v) is 10.7. The van der Waals surface area contributed by atoms with Crippen LogP contribution in [0.5, 0.6) is 11.5 Å². The molecule has 0 unspecified atom stereocenters. The number of aromatic hydroxyl groups is 1. The monoisotopic (exact) mass is 261 g/mol. The number of hydrogen-bond acceptors (Lipinski definition) is 3. The van der Waals surface area contributed by atoms with Gasteiger partial charge in [-0.05, 0) is 25.1 Å². The van der Waals surface area contributed by atoms with Gasteiger partial charge >= 0.3 is 0 Å². The van der Waals surface area contributed by atoms with Gasteiger partial charge < -0.3 is 15.2 Å². The highest BCUT2D eigenvalue weighted by Gasteiger charge is 2.04. The van der Waals surface area contributed by atoms with E-state index in [0.717, 1.165) is 11.3 Å². The molecule has 4 heteroatoms. The van der Waals surface area contributed by atoms with E-state index < -0.39 is 5.82 Å². The first-order valence-electron chi connectivity index (χ1n) is 6.13. The minimum Gasteiger partial charge on any atom is -0.505 e. The number of phenolic OH excluding ortho intramolecular Hbond substituents is 1. The van der Waals surface area contributed by atoms with Crippen molar-refractivity contribution < 1.29 is 14.2 Å². The number of halogens is 1. The molecule has 0 aliphatic carbocycles. The zero-order valence-electron chi connectivity index (χ0n) is 10.7. The van der Waals surface area contributed by atoms with E-state index in [9.17, 15) is 4.39 Å². The maximum atomic E-state index is 13.2. The van der Waals surface area contributed by atoms with Crippen LogP contribution in [0.25, 0.3) is 0 Å². The minimum absolute atomic E-state index is 0.347. The quantitative estimate of drug-likeness (QED) is 0.809. The van der Waals surface area contributed by atoms with Crippen LogP contribution in [-0.2, 0) is 6.54 Å². The molecule has 2 aromatic rings. The molecule has 0 fully saturated rings. The number of phenols is 1. The first-order chi connectivity index (χ1) is 9.20. The van der Waals surface area contributed by atoms with Gasteiger partial charge in [0.05, 0.1) is 6.61 Å². The lowest BCUT2D eigenvalue weighted by Crippen LogP contribution is -2.03. The molecule has 0 heterocycles. The molecule has 100 valence electrons. The van der Waals surface area contributed by atoms with E-state index in [1.807, 2.05) is 31.2 Å². The number of ether oxygens (including phenoxy) is 1. The van der Waals surface area contributed by atoms with Gasteiger partial charge in [0.25, 0.3) is 0 Å². The summed E-state index contributed by atoms with van der Waals surface area (Å²) in [6, 6.07) is 11.9. The molecule has 19 heavy (non-hydrogen) atoms. The van der Waals surface area contributed by atoms with Crippen LogP contribution in [-0.4, -0.2) is 11.7 Å². The molecule has 0 radical (unpaired) electrons. The van der Waals surface area contributed by atoms with Gasteiger partial charge in [0.15, 0.2) is 11.6 Å². The Labute approximate surface area is 111 Å². The van der Waals surface area contributed by atoms with E-state index in [-0.39, 0.29) is 5.75 Å². The third-order valence-corrected chi connectivity index (χ3v) is 2.70. The Morgan fingerprint density at radius 2 is 2.00 bits per heavy atom. The Balaban J connectivity index is 2.07. The van der Waals surface area contributed by atoms with Crippen molar-refractivity contribution in [2.45, 2.75) is 13.5 Å². The number of para-hydroxylation sites is 1. The molecule has 0 aliphatic heterocycles. The molecule has 0 atom stereocenters. The summed E-state index contributed by atoms with van der Waals surface area (Å²) in [7, 11) is 0. The van der Waals surface area contributed by atoms with Gasteiger partial charge in [0.2, 0.25) is 0 Å². The Kier molecular flexibility index (Phi) is 4.23. The van der Waals surface area contributed by atoms with Crippen molar-refractivity contribution in [3.63, 3.8) is 0 Å². The maximum absolute atomic E-state index is 13.2. The SMILES string of the molecule is CCOc1ccccc1CNc1ccc(O)c(F)c1. The summed E-state index contributed by atoms with van der Waals surface area (Å²) in [6.07, 6.45) is 0. The lowest BCUT2D eigenvalue weighted by atomic mass is 10.2. The van der Waals surface area contributed by atoms with E-state index in [4.69, 9.17) is 9.84 Å². The van der Waals surface area contributed by atoms with Crippen molar-refractivity contribution in [1.82, 2.24) is 0 Å². The van der Waals surface area contributed by atoms with Crippen LogP contribution in [0.3, 0.4) is 0 Å². The summed E-state index contributed by atoms with van der Waals surface area (Å²) in [5.41, 5.74) is 1.61. The summed E-state index contributed by atoms with van der Waals surface area (Å²) >= 11 is 0. The summed E-state index contributed by atoms with van der Waals surface area (Å²) in [5.74, 6) is -0.167. The van der Waals surface area contributed by atoms with Gasteiger partial charge in [0, 0.05) is 23.9 Å². The number of nitrogens with one attached hydrogen (secondary N) is 1. The first-order valence-corrected chi connectivity index (χ1v) is 6.13. The van der Waals surface area contributed by atoms with Crippen LogP contribution in [0.15, 0.2) is 42.5 Å². The normalized spacial score (nSPS) is 10.2. The Bertz CT molecular complexity index is 558. The largest absolute Gasteiger partial charge is 0.505 e. The highest BCUT2D eigenvalue weighted by molar-refractivity contribution is 5.48. The number of rotatable bonds is 5. The van der Waals surface area contributed by atoms with Crippen LogP contribution < -0.4 is 10.1 Å². The second-order valence-corrected chi connectivity index (χ2v) is 4.06.